The molecular weight excluding hydrogens is 288 g/mol. The van der Waals surface area contributed by atoms with Gasteiger partial charge in [-0.15, -0.1) is 11.3 Å². The Morgan fingerprint density at radius 2 is 2.19 bits per heavy atom. The lowest BCUT2D eigenvalue weighted by molar-refractivity contribution is -0.120. The van der Waals surface area contributed by atoms with E-state index in [0.29, 0.717) is 12.1 Å². The van der Waals surface area contributed by atoms with Crippen LogP contribution in [0, 0.1) is 0 Å². The summed E-state index contributed by atoms with van der Waals surface area (Å²) in [7, 11) is 0. The van der Waals surface area contributed by atoms with Gasteiger partial charge >= 0.3 is 5.97 Å². The van der Waals surface area contributed by atoms with Crippen molar-refractivity contribution in [1.29, 1.82) is 0 Å². The highest BCUT2D eigenvalue weighted by atomic mass is 32.1. The lowest BCUT2D eigenvalue weighted by Crippen LogP contribution is -2.24. The van der Waals surface area contributed by atoms with Crippen LogP contribution in [0.1, 0.15) is 32.7 Å². The van der Waals surface area contributed by atoms with E-state index < -0.39 is 5.97 Å². The minimum Gasteiger partial charge on any atom is -0.478 e. The van der Waals surface area contributed by atoms with E-state index in [4.69, 9.17) is 5.11 Å². The predicted octanol–water partition coefficient (Wildman–Crippen LogP) is 2.26. The summed E-state index contributed by atoms with van der Waals surface area (Å²) in [6.45, 7) is 2.47. The Kier molecular flexibility index (Phi) is 5.05. The molecule has 0 aliphatic heterocycles. The zero-order chi connectivity index (χ0) is 15.2. The predicted molar refractivity (Wildman–Crippen MR) is 80.4 cm³/mol. The molecule has 0 atom stereocenters. The fourth-order valence-electron chi connectivity index (χ4n) is 1.83. The highest BCUT2D eigenvalue weighted by molar-refractivity contribution is 7.11. The van der Waals surface area contributed by atoms with Crippen LogP contribution in [0.25, 0.3) is 0 Å². The summed E-state index contributed by atoms with van der Waals surface area (Å²) in [4.78, 5) is 28.2. The van der Waals surface area contributed by atoms with Gasteiger partial charge in [-0.3, -0.25) is 4.79 Å². The normalized spacial score (nSPS) is 10.3. The largest absolute Gasteiger partial charge is 0.478 e. The highest BCUT2D eigenvalue weighted by Crippen LogP contribution is 2.13. The fraction of sp³-hybridized carbons (Fsp3) is 0.267. The van der Waals surface area contributed by atoms with Crippen molar-refractivity contribution in [3.63, 3.8) is 0 Å². The second-order valence-corrected chi connectivity index (χ2v) is 5.73. The number of hydrogen-bond acceptors (Lipinski definition) is 4. The molecule has 2 N–H and O–H groups in total. The smallest absolute Gasteiger partial charge is 0.335 e. The van der Waals surface area contributed by atoms with Crippen molar-refractivity contribution in [3.05, 3.63) is 51.5 Å². The molecule has 0 aliphatic rings. The van der Waals surface area contributed by atoms with Crippen molar-refractivity contribution in [3.8, 4) is 0 Å². The standard InChI is InChI=1S/C15H16N2O3S/c1-2-12-8-17-14(21-12)9-16-13(18)7-10-4-3-5-11(6-10)15(19)20/h3-6,8H,2,7,9H2,1H3,(H,16,18)(H,19,20). The number of benzene rings is 1. The first-order chi connectivity index (χ1) is 10.1. The zero-order valence-corrected chi connectivity index (χ0v) is 12.4. The zero-order valence-electron chi connectivity index (χ0n) is 11.6. The van der Waals surface area contributed by atoms with Crippen molar-refractivity contribution in [1.82, 2.24) is 10.3 Å². The van der Waals surface area contributed by atoms with Crippen molar-refractivity contribution in [2.75, 3.05) is 0 Å². The van der Waals surface area contributed by atoms with E-state index in [9.17, 15) is 9.59 Å². The van der Waals surface area contributed by atoms with Crippen LogP contribution in [0.5, 0.6) is 0 Å². The van der Waals surface area contributed by atoms with Gasteiger partial charge in [0.15, 0.2) is 0 Å². The maximum atomic E-state index is 11.9. The molecule has 5 nitrogen and oxygen atoms in total. The Morgan fingerprint density at radius 1 is 1.38 bits per heavy atom. The quantitative estimate of drug-likeness (QED) is 0.858. The Bertz CT molecular complexity index is 652. The van der Waals surface area contributed by atoms with Gasteiger partial charge in [-0.05, 0) is 24.1 Å². The average molecular weight is 304 g/mol. The van der Waals surface area contributed by atoms with Gasteiger partial charge in [0, 0.05) is 11.1 Å². The molecule has 0 unspecified atom stereocenters. The fourth-order valence-corrected chi connectivity index (χ4v) is 2.63. The number of carboxylic acid groups (broad SMARTS) is 1. The van der Waals surface area contributed by atoms with Crippen LogP contribution in [0.2, 0.25) is 0 Å². The summed E-state index contributed by atoms with van der Waals surface area (Å²) in [6, 6.07) is 6.40. The molecule has 0 fully saturated rings. The number of amides is 1. The van der Waals surface area contributed by atoms with Gasteiger partial charge in [-0.2, -0.15) is 0 Å². The van der Waals surface area contributed by atoms with Crippen LogP contribution in [0.4, 0.5) is 0 Å². The number of aryl methyl sites for hydroxylation is 1. The lowest BCUT2D eigenvalue weighted by atomic mass is 10.1. The van der Waals surface area contributed by atoms with E-state index in [-0.39, 0.29) is 17.9 Å². The van der Waals surface area contributed by atoms with Crippen LogP contribution in [0.3, 0.4) is 0 Å². The molecule has 1 aromatic carbocycles. The van der Waals surface area contributed by atoms with Gasteiger partial charge in [0.2, 0.25) is 5.91 Å². The summed E-state index contributed by atoms with van der Waals surface area (Å²) in [5.74, 6) is -1.14. The third-order valence-corrected chi connectivity index (χ3v) is 4.07. The molecule has 1 aromatic heterocycles. The second kappa shape index (κ2) is 6.99. The first kappa shape index (κ1) is 15.2. The Balaban J connectivity index is 1.89. The number of carbonyl (C=O) groups excluding carboxylic acids is 1. The third kappa shape index (κ3) is 4.39. The maximum Gasteiger partial charge on any atom is 0.335 e. The van der Waals surface area contributed by atoms with Gasteiger partial charge in [0.1, 0.15) is 5.01 Å². The number of thiazole rings is 1. The van der Waals surface area contributed by atoms with Gasteiger partial charge < -0.3 is 10.4 Å². The van der Waals surface area contributed by atoms with Crippen molar-refractivity contribution < 1.29 is 14.7 Å². The summed E-state index contributed by atoms with van der Waals surface area (Å²) in [5.41, 5.74) is 0.869. The molecule has 0 saturated heterocycles. The first-order valence-corrected chi connectivity index (χ1v) is 7.42. The Hall–Kier alpha value is -2.21. The molecule has 0 spiro atoms. The second-order valence-electron chi connectivity index (χ2n) is 4.53. The molecule has 21 heavy (non-hydrogen) atoms. The van der Waals surface area contributed by atoms with Gasteiger partial charge in [-0.25, -0.2) is 9.78 Å². The minimum atomic E-state index is -0.993. The van der Waals surface area contributed by atoms with Crippen LogP contribution in [-0.2, 0) is 24.2 Å². The molecule has 0 saturated carbocycles. The highest BCUT2D eigenvalue weighted by Gasteiger charge is 2.08. The number of aromatic carboxylic acids is 1. The molecule has 0 bridgehead atoms. The van der Waals surface area contributed by atoms with Gasteiger partial charge in [0.25, 0.3) is 0 Å². The SMILES string of the molecule is CCc1cnc(CNC(=O)Cc2cccc(C(=O)O)c2)s1. The van der Waals surface area contributed by atoms with Crippen molar-refractivity contribution in [2.24, 2.45) is 0 Å². The molecule has 2 aromatic rings. The Morgan fingerprint density at radius 3 is 2.86 bits per heavy atom. The van der Waals surface area contributed by atoms with E-state index in [1.165, 1.54) is 17.0 Å². The maximum absolute atomic E-state index is 11.9. The summed E-state index contributed by atoms with van der Waals surface area (Å²) in [5, 5.41) is 12.6. The number of aromatic nitrogens is 1. The van der Waals surface area contributed by atoms with Crippen molar-refractivity contribution >= 4 is 23.2 Å². The molecule has 1 amide bonds. The molecular formula is C15H16N2O3S. The number of nitrogens with one attached hydrogen (secondary N) is 1. The number of nitrogens with zero attached hydrogens (tertiary/aromatic N) is 1. The Labute approximate surface area is 126 Å². The van der Waals surface area contributed by atoms with Crippen molar-refractivity contribution in [2.45, 2.75) is 26.3 Å². The van der Waals surface area contributed by atoms with Crippen LogP contribution in [-0.4, -0.2) is 22.0 Å². The van der Waals surface area contributed by atoms with E-state index in [2.05, 4.69) is 17.2 Å². The van der Waals surface area contributed by atoms with E-state index >= 15 is 0 Å². The van der Waals surface area contributed by atoms with Crippen LogP contribution < -0.4 is 5.32 Å². The van der Waals surface area contributed by atoms with Crippen LogP contribution >= 0.6 is 11.3 Å². The van der Waals surface area contributed by atoms with E-state index in [0.717, 1.165) is 11.4 Å². The minimum absolute atomic E-state index is 0.147. The van der Waals surface area contributed by atoms with E-state index in [1.807, 2.05) is 6.20 Å². The molecule has 6 heteroatoms. The molecule has 1 heterocycles. The summed E-state index contributed by atoms with van der Waals surface area (Å²) >= 11 is 1.58. The summed E-state index contributed by atoms with van der Waals surface area (Å²) < 4.78 is 0. The van der Waals surface area contributed by atoms with Crippen LogP contribution in [0.15, 0.2) is 30.5 Å². The molecule has 0 radical (unpaired) electrons. The number of rotatable bonds is 6. The summed E-state index contributed by atoms with van der Waals surface area (Å²) in [6.07, 6.45) is 2.92. The number of carbonyl (C=O) groups is 2. The van der Waals surface area contributed by atoms with Gasteiger partial charge in [0.05, 0.1) is 18.5 Å². The average Bonchev–Trinajstić information content (AvgIpc) is 2.93. The number of hydrogen-bond donors (Lipinski definition) is 2. The van der Waals surface area contributed by atoms with E-state index in [1.54, 1.807) is 23.5 Å². The first-order valence-electron chi connectivity index (χ1n) is 6.61. The topological polar surface area (TPSA) is 79.3 Å². The monoisotopic (exact) mass is 304 g/mol. The molecule has 0 aliphatic carbocycles. The third-order valence-electron chi connectivity index (χ3n) is 2.93. The molecule has 2 rings (SSSR count). The van der Waals surface area contributed by atoms with Gasteiger partial charge in [-0.1, -0.05) is 19.1 Å². The lowest BCUT2D eigenvalue weighted by Gasteiger charge is -2.04. The number of carboxylic acids is 1. The molecule has 110 valence electrons.